The van der Waals surface area contributed by atoms with Crippen LogP contribution in [-0.2, 0) is 6.54 Å². The van der Waals surface area contributed by atoms with Crippen molar-refractivity contribution in [1.29, 1.82) is 0 Å². The highest BCUT2D eigenvalue weighted by atomic mass is 16.3. The van der Waals surface area contributed by atoms with Crippen LogP contribution in [0, 0.1) is 6.92 Å². The van der Waals surface area contributed by atoms with E-state index < -0.39 is 6.10 Å². The SMILES string of the molecule is C=C(C=NC(=CC)c1ccc(C)nc1)Cn1nc2c(=O)n(C3CCCCC3O)nc-2c2cccnc21. The molecule has 2 atom stereocenters. The van der Waals surface area contributed by atoms with Gasteiger partial charge in [-0.1, -0.05) is 25.5 Å². The number of aliphatic imine (C=N–C) groups is 1. The Balaban J connectivity index is 1.49. The van der Waals surface area contributed by atoms with E-state index >= 15 is 0 Å². The molecule has 9 heteroatoms. The average molecular weight is 484 g/mol. The van der Waals surface area contributed by atoms with E-state index in [1.807, 2.05) is 44.2 Å². The Labute approximate surface area is 208 Å². The van der Waals surface area contributed by atoms with Gasteiger partial charge in [0.1, 0.15) is 5.69 Å². The lowest BCUT2D eigenvalue weighted by molar-refractivity contribution is 0.0681. The van der Waals surface area contributed by atoms with E-state index in [4.69, 9.17) is 0 Å². The molecule has 184 valence electrons. The molecule has 2 aliphatic heterocycles. The molecule has 0 bridgehead atoms. The lowest BCUT2D eigenvalue weighted by Crippen LogP contribution is -2.33. The third-order valence-corrected chi connectivity index (χ3v) is 6.58. The Hall–Kier alpha value is -3.98. The van der Waals surface area contributed by atoms with Crippen molar-refractivity contribution >= 4 is 22.9 Å². The Morgan fingerprint density at radius 2 is 2.03 bits per heavy atom. The summed E-state index contributed by atoms with van der Waals surface area (Å²) in [5, 5.41) is 20.5. The van der Waals surface area contributed by atoms with Crippen molar-refractivity contribution in [3.05, 3.63) is 76.5 Å². The van der Waals surface area contributed by atoms with Crippen LogP contribution >= 0.6 is 0 Å². The zero-order valence-corrected chi connectivity index (χ0v) is 20.5. The largest absolute Gasteiger partial charge is 0.391 e. The van der Waals surface area contributed by atoms with Gasteiger partial charge >= 0.3 is 0 Å². The Bertz CT molecular complexity index is 1500. The summed E-state index contributed by atoms with van der Waals surface area (Å²) in [6.45, 7) is 8.31. The number of aliphatic hydroxyl groups is 1. The van der Waals surface area contributed by atoms with E-state index in [1.165, 1.54) is 4.68 Å². The first-order valence-corrected chi connectivity index (χ1v) is 12.2. The summed E-state index contributed by atoms with van der Waals surface area (Å²) in [5.74, 6) is 0. The van der Waals surface area contributed by atoms with E-state index in [1.54, 1.807) is 23.3 Å². The molecule has 9 nitrogen and oxygen atoms in total. The topological polar surface area (TPSA) is 111 Å². The number of aromatic nitrogens is 6. The number of rotatable bonds is 6. The fraction of sp³-hybridized carbons (Fsp3) is 0.333. The van der Waals surface area contributed by atoms with E-state index in [-0.39, 0.29) is 17.3 Å². The molecule has 4 heterocycles. The zero-order chi connectivity index (χ0) is 25.2. The standard InChI is InChI=1S/C27H29N7O2/c1-4-21(19-12-11-18(3)29-15-19)30-14-17(2)16-33-26-20(8-7-13-28-26)24-25(31-33)27(36)34(32-24)22-9-5-6-10-23(22)35/h4,7-8,11-15,22-23,35H,2,5-6,9-10,16H2,1,3H3. The minimum Gasteiger partial charge on any atom is -0.391 e. The monoisotopic (exact) mass is 483 g/mol. The second-order valence-electron chi connectivity index (χ2n) is 9.18. The minimum absolute atomic E-state index is 0.262. The van der Waals surface area contributed by atoms with Gasteiger partial charge in [0, 0.05) is 35.3 Å². The molecule has 1 saturated carbocycles. The number of hydrogen-bond donors (Lipinski definition) is 1. The molecule has 0 spiro atoms. The van der Waals surface area contributed by atoms with Crippen molar-refractivity contribution in [2.24, 2.45) is 4.99 Å². The molecule has 1 fully saturated rings. The van der Waals surface area contributed by atoms with Gasteiger partial charge in [0.25, 0.3) is 5.56 Å². The van der Waals surface area contributed by atoms with Crippen LogP contribution in [0.25, 0.3) is 28.1 Å². The van der Waals surface area contributed by atoms with Crippen molar-refractivity contribution in [3.8, 4) is 11.4 Å². The molecule has 3 aliphatic rings. The Kier molecular flexibility index (Phi) is 6.56. The van der Waals surface area contributed by atoms with E-state index in [9.17, 15) is 9.90 Å². The predicted molar refractivity (Wildman–Crippen MR) is 140 cm³/mol. The molecular formula is C27H29N7O2. The first-order chi connectivity index (χ1) is 17.5. The smallest absolute Gasteiger partial charge is 0.297 e. The fourth-order valence-corrected chi connectivity index (χ4v) is 4.68. The average Bonchev–Trinajstić information content (AvgIpc) is 3.22. The summed E-state index contributed by atoms with van der Waals surface area (Å²) in [6.07, 6.45) is 9.81. The lowest BCUT2D eigenvalue weighted by atomic mass is 9.93. The van der Waals surface area contributed by atoms with Crippen LogP contribution < -0.4 is 5.56 Å². The Morgan fingerprint density at radius 1 is 1.19 bits per heavy atom. The van der Waals surface area contributed by atoms with Crippen LogP contribution in [-0.4, -0.2) is 47.0 Å². The van der Waals surface area contributed by atoms with Crippen LogP contribution in [0.2, 0.25) is 0 Å². The van der Waals surface area contributed by atoms with Gasteiger partial charge in [-0.15, -0.1) is 0 Å². The van der Waals surface area contributed by atoms with Gasteiger partial charge in [-0.2, -0.15) is 10.2 Å². The van der Waals surface area contributed by atoms with Crippen molar-refractivity contribution in [2.75, 3.05) is 0 Å². The maximum atomic E-state index is 13.3. The molecule has 1 N–H and O–H groups in total. The number of allylic oxidation sites excluding steroid dienone is 2. The van der Waals surface area contributed by atoms with Gasteiger partial charge < -0.3 is 5.11 Å². The molecule has 0 saturated heterocycles. The first-order valence-electron chi connectivity index (χ1n) is 12.2. The molecule has 0 amide bonds. The normalized spacial score (nSPS) is 18.9. The number of aryl methyl sites for hydroxylation is 1. The summed E-state index contributed by atoms with van der Waals surface area (Å²) in [7, 11) is 0. The summed E-state index contributed by atoms with van der Waals surface area (Å²) in [6, 6.07) is 7.29. The number of nitrogens with zero attached hydrogens (tertiary/aromatic N) is 7. The molecule has 5 rings (SSSR count). The highest BCUT2D eigenvalue weighted by Gasteiger charge is 2.31. The zero-order valence-electron chi connectivity index (χ0n) is 20.5. The number of fused-ring (bicyclic) bond motifs is 3. The molecule has 2 aromatic heterocycles. The summed E-state index contributed by atoms with van der Waals surface area (Å²) >= 11 is 0. The molecule has 2 aromatic rings. The van der Waals surface area contributed by atoms with Gasteiger partial charge in [0.2, 0.25) is 0 Å². The predicted octanol–water partition coefficient (Wildman–Crippen LogP) is 3.96. The van der Waals surface area contributed by atoms with Crippen molar-refractivity contribution < 1.29 is 5.11 Å². The number of aliphatic hydroxyl groups excluding tert-OH is 1. The van der Waals surface area contributed by atoms with Gasteiger partial charge in [0.05, 0.1) is 24.4 Å². The highest BCUT2D eigenvalue weighted by molar-refractivity contribution is 5.90. The van der Waals surface area contributed by atoms with Gasteiger partial charge in [0.15, 0.2) is 11.3 Å². The van der Waals surface area contributed by atoms with Crippen LogP contribution in [0.4, 0.5) is 0 Å². The number of hydrogen-bond acceptors (Lipinski definition) is 7. The second-order valence-corrected chi connectivity index (χ2v) is 9.18. The quantitative estimate of drug-likeness (QED) is 0.416. The van der Waals surface area contributed by atoms with Gasteiger partial charge in [-0.05, 0) is 56.5 Å². The van der Waals surface area contributed by atoms with E-state index in [0.717, 1.165) is 41.6 Å². The minimum atomic E-state index is -0.585. The third kappa shape index (κ3) is 4.49. The summed E-state index contributed by atoms with van der Waals surface area (Å²) < 4.78 is 3.09. The van der Waals surface area contributed by atoms with Crippen LogP contribution in [0.5, 0.6) is 0 Å². The first kappa shape index (κ1) is 23.7. The Morgan fingerprint density at radius 3 is 2.78 bits per heavy atom. The third-order valence-electron chi connectivity index (χ3n) is 6.58. The highest BCUT2D eigenvalue weighted by Crippen LogP contribution is 2.30. The molecule has 36 heavy (non-hydrogen) atoms. The molecular weight excluding hydrogens is 454 g/mol. The maximum Gasteiger partial charge on any atom is 0.297 e. The summed E-state index contributed by atoms with van der Waals surface area (Å²) in [4.78, 5) is 26.8. The van der Waals surface area contributed by atoms with E-state index in [0.29, 0.717) is 29.9 Å². The number of pyridine rings is 2. The molecule has 1 aliphatic carbocycles. The van der Waals surface area contributed by atoms with Crippen LogP contribution in [0.3, 0.4) is 0 Å². The van der Waals surface area contributed by atoms with Crippen LogP contribution in [0.1, 0.15) is 49.9 Å². The lowest BCUT2D eigenvalue weighted by Gasteiger charge is -2.26. The van der Waals surface area contributed by atoms with E-state index in [2.05, 4.69) is 31.7 Å². The fourth-order valence-electron chi connectivity index (χ4n) is 4.68. The molecule has 2 unspecified atom stereocenters. The molecule has 0 radical (unpaired) electrons. The molecule has 0 aromatic carbocycles. The summed E-state index contributed by atoms with van der Waals surface area (Å²) in [5.41, 5.74) is 4.41. The van der Waals surface area contributed by atoms with Crippen LogP contribution in [0.15, 0.2) is 64.7 Å². The second kappa shape index (κ2) is 9.94. The van der Waals surface area contributed by atoms with Gasteiger partial charge in [-0.3, -0.25) is 14.8 Å². The van der Waals surface area contributed by atoms with Gasteiger partial charge in [-0.25, -0.2) is 14.3 Å². The van der Waals surface area contributed by atoms with Crippen molar-refractivity contribution in [1.82, 2.24) is 29.5 Å². The van der Waals surface area contributed by atoms with Crippen molar-refractivity contribution in [2.45, 2.75) is 58.2 Å². The van der Waals surface area contributed by atoms with Crippen molar-refractivity contribution in [3.63, 3.8) is 0 Å². The maximum absolute atomic E-state index is 13.3.